The van der Waals surface area contributed by atoms with Gasteiger partial charge in [-0.1, -0.05) is 0 Å². The molecule has 1 aliphatic heterocycles. The van der Waals surface area contributed by atoms with Gasteiger partial charge in [-0.25, -0.2) is 0 Å². The van der Waals surface area contributed by atoms with Crippen LogP contribution in [0.1, 0.15) is 37.9 Å². The van der Waals surface area contributed by atoms with Crippen LogP contribution in [0.25, 0.3) is 4.47 Å². The second kappa shape index (κ2) is 10.0. The van der Waals surface area contributed by atoms with Crippen LogP contribution in [-0.4, -0.2) is 38.6 Å². The Kier molecular flexibility index (Phi) is 8.01. The predicted molar refractivity (Wildman–Crippen MR) is 111 cm³/mol. The van der Waals surface area contributed by atoms with Crippen molar-refractivity contribution in [2.24, 2.45) is 5.92 Å². The summed E-state index contributed by atoms with van der Waals surface area (Å²) in [5, 5.41) is 6.88. The van der Waals surface area contributed by atoms with Crippen molar-refractivity contribution in [2.45, 2.75) is 38.2 Å². The summed E-state index contributed by atoms with van der Waals surface area (Å²) in [5.74, 6) is 0.0382. The van der Waals surface area contributed by atoms with Gasteiger partial charge in [0.05, 0.1) is 0 Å². The maximum absolute atomic E-state index is 12.7. The average molecular weight is 437 g/mol. The first-order valence-corrected chi connectivity index (χ1v) is 11.4. The molecule has 0 saturated carbocycles. The van der Waals surface area contributed by atoms with E-state index in [2.05, 4.69) is 67.5 Å². The van der Waals surface area contributed by atoms with Crippen LogP contribution in [0.15, 0.2) is 42.5 Å². The summed E-state index contributed by atoms with van der Waals surface area (Å²) in [5.41, 5.74) is 2.33. The molecule has 26 heavy (non-hydrogen) atoms. The van der Waals surface area contributed by atoms with E-state index in [1.54, 1.807) is 0 Å². The molecule has 0 radical (unpaired) electrons. The van der Waals surface area contributed by atoms with E-state index < -0.39 is 6.04 Å². The molecule has 1 aliphatic rings. The van der Waals surface area contributed by atoms with Gasteiger partial charge in [-0.15, -0.1) is 0 Å². The Labute approximate surface area is 167 Å². The summed E-state index contributed by atoms with van der Waals surface area (Å²) in [6.07, 6.45) is 6.47. The molecule has 2 N–H and O–H groups in total. The Bertz CT molecular complexity index is 716. The van der Waals surface area contributed by atoms with E-state index in [1.807, 2.05) is 12.1 Å². The molecule has 0 saturated heterocycles. The third kappa shape index (κ3) is 5.50. The number of hydrogen-bond donors (Lipinski definition) is 3. The van der Waals surface area contributed by atoms with Gasteiger partial charge in [-0.3, -0.25) is 0 Å². The number of thiol groups is 1. The van der Waals surface area contributed by atoms with Crippen LogP contribution >= 0.6 is 12.6 Å². The second-order valence-corrected chi connectivity index (χ2v) is 9.12. The van der Waals surface area contributed by atoms with Crippen molar-refractivity contribution >= 4 is 43.9 Å². The first-order valence-electron chi connectivity index (χ1n) is 8.71. The summed E-state index contributed by atoms with van der Waals surface area (Å²) >= 11 is 4.61. The number of carbonyl (C=O) groups excluding carboxylic acids is 2. The zero-order valence-corrected chi connectivity index (χ0v) is 18.0. The van der Waals surface area contributed by atoms with E-state index in [4.69, 9.17) is 0 Å². The molecule has 0 bridgehead atoms. The Balaban J connectivity index is 2.30. The van der Waals surface area contributed by atoms with Crippen molar-refractivity contribution in [3.63, 3.8) is 0 Å². The predicted octanol–water partition coefficient (Wildman–Crippen LogP) is 2.97. The van der Waals surface area contributed by atoms with Crippen molar-refractivity contribution in [1.82, 2.24) is 10.6 Å². The Hall–Kier alpha value is -1.49. The van der Waals surface area contributed by atoms with Gasteiger partial charge < -0.3 is 0 Å². The average Bonchev–Trinajstić information content (AvgIpc) is 2.64. The van der Waals surface area contributed by atoms with Crippen LogP contribution < -0.4 is 10.6 Å². The standard InChI is InChI=1S/C20H26N2O2SSe/c1-13(2)19(22-20(24)17(12-25)21-14(3)23)16-9-5-4-8-15(16)18-10-6-7-11-26-18/h4-10,13,17,19,25H,11-12H2,1-3H3,(H,21,23)(H,22,24)/t17-,19-/m0/s1. The quantitative estimate of drug-likeness (QED) is 0.454. The molecule has 0 unspecified atom stereocenters. The summed E-state index contributed by atoms with van der Waals surface area (Å²) in [6, 6.07) is 7.51. The van der Waals surface area contributed by atoms with E-state index in [1.165, 1.54) is 17.0 Å². The van der Waals surface area contributed by atoms with Gasteiger partial charge in [-0.05, 0) is 0 Å². The molecule has 0 fully saturated rings. The number of amides is 2. The second-order valence-electron chi connectivity index (χ2n) is 6.52. The fraction of sp³-hybridized carbons (Fsp3) is 0.400. The topological polar surface area (TPSA) is 58.2 Å². The van der Waals surface area contributed by atoms with Crippen LogP contribution in [0, 0.1) is 5.92 Å². The third-order valence-electron chi connectivity index (χ3n) is 4.12. The van der Waals surface area contributed by atoms with Gasteiger partial charge in [0.2, 0.25) is 0 Å². The zero-order valence-electron chi connectivity index (χ0n) is 15.4. The molecule has 0 aromatic heterocycles. The molecular formula is C20H26N2O2SSe. The van der Waals surface area contributed by atoms with Crippen molar-refractivity contribution in [2.75, 3.05) is 5.75 Å². The van der Waals surface area contributed by atoms with Crippen LogP contribution in [0.5, 0.6) is 0 Å². The van der Waals surface area contributed by atoms with Crippen LogP contribution in [-0.2, 0) is 9.59 Å². The molecule has 0 spiro atoms. The molecule has 2 atom stereocenters. The van der Waals surface area contributed by atoms with Gasteiger partial charge >= 0.3 is 168 Å². The molecule has 1 aromatic rings. The molecule has 1 aromatic carbocycles. The van der Waals surface area contributed by atoms with Crippen molar-refractivity contribution < 1.29 is 9.59 Å². The van der Waals surface area contributed by atoms with Crippen LogP contribution in [0.3, 0.4) is 0 Å². The summed E-state index contributed by atoms with van der Waals surface area (Å²) in [7, 11) is 0. The zero-order chi connectivity index (χ0) is 19.1. The molecule has 6 heteroatoms. The number of hydrogen-bond acceptors (Lipinski definition) is 3. The fourth-order valence-corrected chi connectivity index (χ4v) is 5.01. The Morgan fingerprint density at radius 2 is 1.96 bits per heavy atom. The van der Waals surface area contributed by atoms with Crippen LogP contribution in [0.4, 0.5) is 0 Å². The van der Waals surface area contributed by atoms with Gasteiger partial charge in [-0.2, -0.15) is 0 Å². The van der Waals surface area contributed by atoms with Crippen molar-refractivity contribution in [3.05, 3.63) is 53.6 Å². The van der Waals surface area contributed by atoms with E-state index in [-0.39, 0.29) is 29.5 Å². The SMILES string of the molecule is CC(=O)N[C@@H](CS)C(=O)N[C@H](c1ccccc1C1=CC=CC[Se]1)C(C)C. The van der Waals surface area contributed by atoms with Crippen molar-refractivity contribution in [3.8, 4) is 0 Å². The summed E-state index contributed by atoms with van der Waals surface area (Å²) in [4.78, 5) is 24.0. The normalized spacial score (nSPS) is 16.0. The van der Waals surface area contributed by atoms with Gasteiger partial charge in [0.15, 0.2) is 0 Å². The molecule has 0 aliphatic carbocycles. The molecule has 2 amide bonds. The van der Waals surface area contributed by atoms with E-state index >= 15 is 0 Å². The first kappa shape index (κ1) is 20.8. The van der Waals surface area contributed by atoms with Gasteiger partial charge in [0, 0.05) is 0 Å². The summed E-state index contributed by atoms with van der Waals surface area (Å²) < 4.78 is 1.35. The minimum atomic E-state index is -0.634. The van der Waals surface area contributed by atoms with Crippen molar-refractivity contribution in [1.29, 1.82) is 0 Å². The number of nitrogens with one attached hydrogen (secondary N) is 2. The fourth-order valence-electron chi connectivity index (χ4n) is 2.85. The number of rotatable bonds is 7. The number of allylic oxidation sites excluding steroid dienone is 3. The first-order chi connectivity index (χ1) is 12.4. The molecule has 1 heterocycles. The minimum absolute atomic E-state index is 0.127. The maximum atomic E-state index is 12.7. The van der Waals surface area contributed by atoms with Gasteiger partial charge in [0.1, 0.15) is 0 Å². The van der Waals surface area contributed by atoms with E-state index in [0.717, 1.165) is 10.9 Å². The third-order valence-corrected chi connectivity index (χ3v) is 6.64. The van der Waals surface area contributed by atoms with Crippen LogP contribution in [0.2, 0.25) is 5.32 Å². The van der Waals surface area contributed by atoms with Gasteiger partial charge in [0.25, 0.3) is 0 Å². The molecular weight excluding hydrogens is 411 g/mol. The number of carbonyl (C=O) groups is 2. The summed E-state index contributed by atoms with van der Waals surface area (Å²) in [6.45, 7) is 5.59. The Morgan fingerprint density at radius 1 is 1.23 bits per heavy atom. The molecule has 2 rings (SSSR count). The van der Waals surface area contributed by atoms with E-state index in [0.29, 0.717) is 15.0 Å². The van der Waals surface area contributed by atoms with E-state index in [9.17, 15) is 9.59 Å². The molecule has 4 nitrogen and oxygen atoms in total. The monoisotopic (exact) mass is 438 g/mol. The molecule has 140 valence electrons. The Morgan fingerprint density at radius 3 is 2.54 bits per heavy atom. The number of benzene rings is 1.